The van der Waals surface area contributed by atoms with Gasteiger partial charge in [0, 0.05) is 25.1 Å². The van der Waals surface area contributed by atoms with E-state index < -0.39 is 17.8 Å². The summed E-state index contributed by atoms with van der Waals surface area (Å²) in [7, 11) is 0. The zero-order valence-corrected chi connectivity index (χ0v) is 19.7. The highest BCUT2D eigenvalue weighted by Gasteiger charge is 2.41. The smallest absolute Gasteiger partial charge is 0.255 e. The van der Waals surface area contributed by atoms with Crippen molar-refractivity contribution in [3.05, 3.63) is 69.5 Å². The molecule has 0 aliphatic carbocycles. The van der Waals surface area contributed by atoms with Crippen molar-refractivity contribution in [3.63, 3.8) is 0 Å². The summed E-state index contributed by atoms with van der Waals surface area (Å²) < 4.78 is 14.6. The van der Waals surface area contributed by atoms with Crippen LogP contribution in [0.3, 0.4) is 0 Å². The number of piperidine rings is 2. The van der Waals surface area contributed by atoms with E-state index in [1.54, 1.807) is 6.07 Å². The van der Waals surface area contributed by atoms with Gasteiger partial charge in [0.15, 0.2) is 0 Å². The van der Waals surface area contributed by atoms with Gasteiger partial charge in [0.05, 0.1) is 0 Å². The summed E-state index contributed by atoms with van der Waals surface area (Å²) in [5.41, 5.74) is 6.07. The molecular formula is C27H30FN3O3. The first-order valence-corrected chi connectivity index (χ1v) is 12.1. The van der Waals surface area contributed by atoms with Gasteiger partial charge < -0.3 is 4.90 Å². The largest absolute Gasteiger partial charge is 0.322 e. The second-order valence-electron chi connectivity index (χ2n) is 9.84. The van der Waals surface area contributed by atoms with E-state index in [4.69, 9.17) is 0 Å². The van der Waals surface area contributed by atoms with Crippen LogP contribution in [0.15, 0.2) is 30.3 Å². The molecule has 0 radical (unpaired) electrons. The Morgan fingerprint density at radius 3 is 2.41 bits per heavy atom. The number of likely N-dealkylation sites (tertiary alicyclic amines) is 1. The maximum Gasteiger partial charge on any atom is 0.255 e. The first kappa shape index (κ1) is 22.7. The number of aryl methyl sites for hydroxylation is 2. The van der Waals surface area contributed by atoms with Gasteiger partial charge in [-0.1, -0.05) is 18.2 Å². The lowest BCUT2D eigenvalue weighted by Gasteiger charge is -2.34. The van der Waals surface area contributed by atoms with Crippen molar-refractivity contribution in [2.45, 2.75) is 64.6 Å². The van der Waals surface area contributed by atoms with Crippen LogP contribution in [0, 0.1) is 19.7 Å². The summed E-state index contributed by atoms with van der Waals surface area (Å²) in [5, 5.41) is 2.32. The molecule has 0 saturated carbocycles. The Morgan fingerprint density at radius 2 is 1.74 bits per heavy atom. The number of nitrogens with zero attached hydrogens (tertiary/aromatic N) is 2. The highest BCUT2D eigenvalue weighted by Crippen LogP contribution is 2.38. The third kappa shape index (κ3) is 4.13. The van der Waals surface area contributed by atoms with Crippen molar-refractivity contribution < 1.29 is 18.8 Å². The minimum Gasteiger partial charge on any atom is -0.322 e. The monoisotopic (exact) mass is 463 g/mol. The molecule has 0 bridgehead atoms. The molecular weight excluding hydrogens is 433 g/mol. The molecule has 1 atom stereocenters. The third-order valence-electron chi connectivity index (χ3n) is 7.71. The maximum absolute atomic E-state index is 14.6. The van der Waals surface area contributed by atoms with Crippen molar-refractivity contribution in [1.29, 1.82) is 0 Å². The number of halogens is 1. The standard InChI is InChI=1S/C27H30FN3O3/c1-16-4-3-5-17(2)22(16)14-30-10-8-18(9-11-30)20-12-19(28)13-21-23(20)15-31(27(21)34)24-6-7-25(32)29-26(24)33/h3-5,12-13,18,24H,6-11,14-15H2,1-2H3,(H,29,32,33). The van der Waals surface area contributed by atoms with E-state index in [9.17, 15) is 18.8 Å². The average molecular weight is 464 g/mol. The van der Waals surface area contributed by atoms with Crippen molar-refractivity contribution in [2.75, 3.05) is 13.1 Å². The number of rotatable bonds is 4. The molecule has 5 rings (SSSR count). The lowest BCUT2D eigenvalue weighted by molar-refractivity contribution is -0.136. The first-order valence-electron chi connectivity index (χ1n) is 12.1. The van der Waals surface area contributed by atoms with E-state index in [0.29, 0.717) is 18.5 Å². The molecule has 3 heterocycles. The van der Waals surface area contributed by atoms with Gasteiger partial charge in [-0.05, 0) is 92.1 Å². The zero-order valence-electron chi connectivity index (χ0n) is 19.7. The number of hydrogen-bond acceptors (Lipinski definition) is 4. The molecule has 3 aliphatic heterocycles. The SMILES string of the molecule is Cc1cccc(C)c1CN1CCC(c2cc(F)cc3c2CN(C2CCC(=O)NC2=O)C3=O)CC1. The topological polar surface area (TPSA) is 69.7 Å². The number of nitrogens with one attached hydrogen (secondary N) is 1. The van der Waals surface area contributed by atoms with Gasteiger partial charge in [0.2, 0.25) is 11.8 Å². The average Bonchev–Trinajstić information content (AvgIpc) is 3.12. The third-order valence-corrected chi connectivity index (χ3v) is 7.71. The molecule has 2 saturated heterocycles. The number of carbonyl (C=O) groups excluding carboxylic acids is 3. The molecule has 6 nitrogen and oxygen atoms in total. The van der Waals surface area contributed by atoms with Crippen molar-refractivity contribution in [1.82, 2.24) is 15.1 Å². The molecule has 0 spiro atoms. The summed E-state index contributed by atoms with van der Waals surface area (Å²) >= 11 is 0. The molecule has 3 amide bonds. The summed E-state index contributed by atoms with van der Waals surface area (Å²) in [6, 6.07) is 8.57. The van der Waals surface area contributed by atoms with Gasteiger partial charge >= 0.3 is 0 Å². The normalized spacial score (nSPS) is 21.7. The highest BCUT2D eigenvalue weighted by molar-refractivity contribution is 6.05. The number of fused-ring (bicyclic) bond motifs is 1. The van der Waals surface area contributed by atoms with Crippen LogP contribution < -0.4 is 5.32 Å². The van der Waals surface area contributed by atoms with Gasteiger partial charge in [-0.3, -0.25) is 24.6 Å². The fourth-order valence-electron chi connectivity index (χ4n) is 5.74. The fourth-order valence-corrected chi connectivity index (χ4v) is 5.74. The number of hydrogen-bond donors (Lipinski definition) is 1. The van der Waals surface area contributed by atoms with E-state index in [2.05, 4.69) is 42.3 Å². The first-order chi connectivity index (χ1) is 16.3. The highest BCUT2D eigenvalue weighted by atomic mass is 19.1. The van der Waals surface area contributed by atoms with Crippen LogP contribution in [0.5, 0.6) is 0 Å². The Hall–Kier alpha value is -3.06. The summed E-state index contributed by atoms with van der Waals surface area (Å²) in [5.74, 6) is -1.32. The van der Waals surface area contributed by atoms with E-state index in [0.717, 1.165) is 43.6 Å². The zero-order chi connectivity index (χ0) is 24.0. The molecule has 3 aliphatic rings. The molecule has 1 N–H and O–H groups in total. The fraction of sp³-hybridized carbons (Fsp3) is 0.444. The molecule has 7 heteroatoms. The predicted octanol–water partition coefficient (Wildman–Crippen LogP) is 3.58. The van der Waals surface area contributed by atoms with Crippen LogP contribution in [0.4, 0.5) is 4.39 Å². The van der Waals surface area contributed by atoms with E-state index in [-0.39, 0.29) is 24.2 Å². The number of benzene rings is 2. The minimum atomic E-state index is -0.687. The van der Waals surface area contributed by atoms with Crippen LogP contribution in [0.1, 0.15) is 69.8 Å². The van der Waals surface area contributed by atoms with Gasteiger partial charge in [-0.25, -0.2) is 4.39 Å². The summed E-state index contributed by atoms with van der Waals surface area (Å²) in [6.45, 7) is 7.32. The second-order valence-corrected chi connectivity index (χ2v) is 9.84. The van der Waals surface area contributed by atoms with Gasteiger partial charge in [0.25, 0.3) is 5.91 Å². The maximum atomic E-state index is 14.6. The molecule has 2 aromatic carbocycles. The lowest BCUT2D eigenvalue weighted by Crippen LogP contribution is -2.52. The Morgan fingerprint density at radius 1 is 1.03 bits per heavy atom. The van der Waals surface area contributed by atoms with Gasteiger partial charge in [-0.2, -0.15) is 0 Å². The minimum absolute atomic E-state index is 0.174. The summed E-state index contributed by atoms with van der Waals surface area (Å²) in [4.78, 5) is 41.0. The van der Waals surface area contributed by atoms with E-state index in [1.807, 2.05) is 0 Å². The Balaban J connectivity index is 1.32. The summed E-state index contributed by atoms with van der Waals surface area (Å²) in [6.07, 6.45) is 2.30. The molecule has 34 heavy (non-hydrogen) atoms. The molecule has 1 unspecified atom stereocenters. The van der Waals surface area contributed by atoms with E-state index >= 15 is 0 Å². The lowest BCUT2D eigenvalue weighted by atomic mass is 9.85. The van der Waals surface area contributed by atoms with Crippen LogP contribution in [0.25, 0.3) is 0 Å². The van der Waals surface area contributed by atoms with Crippen LogP contribution >= 0.6 is 0 Å². The van der Waals surface area contributed by atoms with Crippen molar-refractivity contribution >= 4 is 17.7 Å². The Bertz CT molecular complexity index is 1150. The molecule has 2 fully saturated rings. The van der Waals surface area contributed by atoms with Crippen molar-refractivity contribution in [2.24, 2.45) is 0 Å². The molecule has 2 aromatic rings. The number of carbonyl (C=O) groups is 3. The van der Waals surface area contributed by atoms with Gasteiger partial charge in [-0.15, -0.1) is 0 Å². The van der Waals surface area contributed by atoms with Crippen LogP contribution in [0.2, 0.25) is 0 Å². The number of amides is 3. The predicted molar refractivity (Wildman–Crippen MR) is 126 cm³/mol. The molecule has 178 valence electrons. The van der Waals surface area contributed by atoms with Crippen LogP contribution in [-0.2, 0) is 22.7 Å². The Kier molecular flexibility index (Phi) is 5.98. The second kappa shape index (κ2) is 8.95. The van der Waals surface area contributed by atoms with Gasteiger partial charge in [0.1, 0.15) is 11.9 Å². The van der Waals surface area contributed by atoms with E-state index in [1.165, 1.54) is 27.7 Å². The Labute approximate surface area is 199 Å². The number of imide groups is 1. The quantitative estimate of drug-likeness (QED) is 0.704. The molecule has 0 aromatic heterocycles. The van der Waals surface area contributed by atoms with Crippen LogP contribution in [-0.4, -0.2) is 46.7 Å². The van der Waals surface area contributed by atoms with Crippen molar-refractivity contribution in [3.8, 4) is 0 Å².